The molecule has 0 bridgehead atoms. The van der Waals surface area contributed by atoms with Gasteiger partial charge in [-0.05, 0) is 26.2 Å². The van der Waals surface area contributed by atoms with Gasteiger partial charge in [-0.3, -0.25) is 4.79 Å². The van der Waals surface area contributed by atoms with Crippen LogP contribution < -0.4 is 5.32 Å². The van der Waals surface area contributed by atoms with Crippen LogP contribution in [0.4, 0.5) is 4.79 Å². The largest absolute Gasteiger partial charge is 0.481 e. The Morgan fingerprint density at radius 3 is 2.67 bits per heavy atom. The van der Waals surface area contributed by atoms with Crippen molar-refractivity contribution in [3.8, 4) is 0 Å². The van der Waals surface area contributed by atoms with E-state index in [1.165, 1.54) is 0 Å². The summed E-state index contributed by atoms with van der Waals surface area (Å²) >= 11 is 0. The molecule has 1 aliphatic rings. The zero-order chi connectivity index (χ0) is 13.7. The molecule has 3 atom stereocenters. The van der Waals surface area contributed by atoms with Crippen molar-refractivity contribution in [1.82, 2.24) is 10.2 Å². The van der Waals surface area contributed by atoms with Gasteiger partial charge in [0.1, 0.15) is 0 Å². The highest BCUT2D eigenvalue weighted by Gasteiger charge is 2.34. The molecule has 3 unspecified atom stereocenters. The van der Waals surface area contributed by atoms with Gasteiger partial charge in [0, 0.05) is 19.1 Å². The average molecular weight is 256 g/mol. The molecule has 0 aliphatic heterocycles. The SMILES string of the molecule is CCCC(C)N(C)C(=O)NC1CCCC1C(=O)O. The first-order valence-electron chi connectivity index (χ1n) is 6.73. The maximum Gasteiger partial charge on any atom is 0.317 e. The molecule has 0 heterocycles. The molecular formula is C13H24N2O3. The highest BCUT2D eigenvalue weighted by molar-refractivity contribution is 5.77. The van der Waals surface area contributed by atoms with Gasteiger partial charge in [0.15, 0.2) is 0 Å². The van der Waals surface area contributed by atoms with E-state index >= 15 is 0 Å². The second-order valence-corrected chi connectivity index (χ2v) is 5.18. The van der Waals surface area contributed by atoms with E-state index in [0.717, 1.165) is 25.7 Å². The van der Waals surface area contributed by atoms with E-state index in [1.54, 1.807) is 11.9 Å². The number of carbonyl (C=O) groups is 2. The summed E-state index contributed by atoms with van der Waals surface area (Å²) in [6, 6.07) is -0.194. The van der Waals surface area contributed by atoms with E-state index in [2.05, 4.69) is 12.2 Å². The minimum atomic E-state index is -0.804. The number of nitrogens with zero attached hydrogens (tertiary/aromatic N) is 1. The lowest BCUT2D eigenvalue weighted by Crippen LogP contribution is -2.48. The lowest BCUT2D eigenvalue weighted by Gasteiger charge is -2.27. The van der Waals surface area contributed by atoms with Crippen molar-refractivity contribution < 1.29 is 14.7 Å². The van der Waals surface area contributed by atoms with Crippen molar-refractivity contribution >= 4 is 12.0 Å². The Morgan fingerprint density at radius 1 is 1.44 bits per heavy atom. The first kappa shape index (κ1) is 14.8. The van der Waals surface area contributed by atoms with Crippen LogP contribution in [0.5, 0.6) is 0 Å². The summed E-state index contributed by atoms with van der Waals surface area (Å²) in [5, 5.41) is 11.9. The van der Waals surface area contributed by atoms with Crippen LogP contribution in [0.3, 0.4) is 0 Å². The molecule has 1 rings (SSSR count). The molecule has 0 aromatic rings. The van der Waals surface area contributed by atoms with Crippen molar-refractivity contribution in [1.29, 1.82) is 0 Å². The number of carboxylic acids is 1. The summed E-state index contributed by atoms with van der Waals surface area (Å²) in [5.74, 6) is -1.23. The third-order valence-corrected chi connectivity index (χ3v) is 3.83. The lowest BCUT2D eigenvalue weighted by molar-refractivity contribution is -0.142. The standard InChI is InChI=1S/C13H24N2O3/c1-4-6-9(2)15(3)13(18)14-11-8-5-7-10(11)12(16)17/h9-11H,4-8H2,1-3H3,(H,14,18)(H,16,17). The normalized spacial score (nSPS) is 24.6. The van der Waals surface area contributed by atoms with Crippen molar-refractivity contribution in [2.45, 2.75) is 58.0 Å². The van der Waals surface area contributed by atoms with Crippen LogP contribution in [0, 0.1) is 5.92 Å². The van der Waals surface area contributed by atoms with Crippen LogP contribution in [0.2, 0.25) is 0 Å². The summed E-state index contributed by atoms with van der Waals surface area (Å²) in [4.78, 5) is 24.7. The van der Waals surface area contributed by atoms with Crippen molar-refractivity contribution in [2.24, 2.45) is 5.92 Å². The van der Waals surface area contributed by atoms with Gasteiger partial charge < -0.3 is 15.3 Å². The number of carboxylic acid groups (broad SMARTS) is 1. The van der Waals surface area contributed by atoms with Gasteiger partial charge in [0.25, 0.3) is 0 Å². The Hall–Kier alpha value is -1.26. The number of amides is 2. The maximum absolute atomic E-state index is 12.0. The summed E-state index contributed by atoms with van der Waals surface area (Å²) in [6.45, 7) is 4.09. The molecule has 0 spiro atoms. The predicted octanol–water partition coefficient (Wildman–Crippen LogP) is 2.07. The Balaban J connectivity index is 2.51. The number of carbonyl (C=O) groups excluding carboxylic acids is 1. The minimum absolute atomic E-state index is 0.158. The van der Waals surface area contributed by atoms with Gasteiger partial charge in [0.05, 0.1) is 5.92 Å². The third kappa shape index (κ3) is 3.62. The van der Waals surface area contributed by atoms with Crippen LogP contribution in [-0.4, -0.2) is 41.1 Å². The second-order valence-electron chi connectivity index (χ2n) is 5.18. The smallest absolute Gasteiger partial charge is 0.317 e. The first-order valence-corrected chi connectivity index (χ1v) is 6.73. The number of urea groups is 1. The molecule has 1 saturated carbocycles. The van der Waals surface area contributed by atoms with E-state index in [0.29, 0.717) is 6.42 Å². The molecule has 5 heteroatoms. The molecule has 5 nitrogen and oxygen atoms in total. The predicted molar refractivity (Wildman–Crippen MR) is 69.4 cm³/mol. The minimum Gasteiger partial charge on any atom is -0.481 e. The average Bonchev–Trinajstić information content (AvgIpc) is 2.76. The molecule has 2 N–H and O–H groups in total. The van der Waals surface area contributed by atoms with E-state index in [1.807, 2.05) is 6.92 Å². The molecule has 2 amide bonds. The van der Waals surface area contributed by atoms with Gasteiger partial charge in [-0.25, -0.2) is 4.79 Å². The van der Waals surface area contributed by atoms with E-state index in [4.69, 9.17) is 5.11 Å². The first-order chi connectivity index (χ1) is 8.47. The van der Waals surface area contributed by atoms with Gasteiger partial charge >= 0.3 is 12.0 Å². The van der Waals surface area contributed by atoms with Crippen molar-refractivity contribution in [2.75, 3.05) is 7.05 Å². The second kappa shape index (κ2) is 6.61. The molecule has 0 aromatic carbocycles. The Kier molecular flexibility index (Phi) is 5.44. The van der Waals surface area contributed by atoms with E-state index < -0.39 is 11.9 Å². The fourth-order valence-corrected chi connectivity index (χ4v) is 2.50. The molecule has 104 valence electrons. The van der Waals surface area contributed by atoms with Crippen LogP contribution in [0.15, 0.2) is 0 Å². The number of aliphatic carboxylic acids is 1. The zero-order valence-corrected chi connectivity index (χ0v) is 11.5. The number of rotatable bonds is 5. The Morgan fingerprint density at radius 2 is 2.11 bits per heavy atom. The highest BCUT2D eigenvalue weighted by Crippen LogP contribution is 2.26. The lowest BCUT2D eigenvalue weighted by atomic mass is 10.0. The zero-order valence-electron chi connectivity index (χ0n) is 11.5. The molecule has 0 saturated heterocycles. The monoisotopic (exact) mass is 256 g/mol. The quantitative estimate of drug-likeness (QED) is 0.791. The summed E-state index contributed by atoms with van der Waals surface area (Å²) in [6.07, 6.45) is 4.28. The number of hydrogen-bond acceptors (Lipinski definition) is 2. The van der Waals surface area contributed by atoms with Gasteiger partial charge in [-0.2, -0.15) is 0 Å². The molecule has 1 aliphatic carbocycles. The fraction of sp³-hybridized carbons (Fsp3) is 0.846. The van der Waals surface area contributed by atoms with Crippen LogP contribution >= 0.6 is 0 Å². The van der Waals surface area contributed by atoms with Gasteiger partial charge in [-0.1, -0.05) is 19.8 Å². The van der Waals surface area contributed by atoms with Crippen LogP contribution in [-0.2, 0) is 4.79 Å². The highest BCUT2D eigenvalue weighted by atomic mass is 16.4. The third-order valence-electron chi connectivity index (χ3n) is 3.83. The number of hydrogen-bond donors (Lipinski definition) is 2. The molecule has 0 radical (unpaired) electrons. The molecule has 0 aromatic heterocycles. The van der Waals surface area contributed by atoms with Gasteiger partial charge in [0.2, 0.25) is 0 Å². The van der Waals surface area contributed by atoms with Crippen molar-refractivity contribution in [3.05, 3.63) is 0 Å². The topological polar surface area (TPSA) is 69.6 Å². The van der Waals surface area contributed by atoms with E-state index in [-0.39, 0.29) is 18.1 Å². The Bertz CT molecular complexity index is 307. The Labute approximate surface area is 109 Å². The van der Waals surface area contributed by atoms with Crippen LogP contribution in [0.25, 0.3) is 0 Å². The molecule has 18 heavy (non-hydrogen) atoms. The summed E-state index contributed by atoms with van der Waals surface area (Å²) in [5.41, 5.74) is 0. The summed E-state index contributed by atoms with van der Waals surface area (Å²) in [7, 11) is 1.76. The molecular weight excluding hydrogens is 232 g/mol. The van der Waals surface area contributed by atoms with Crippen LogP contribution in [0.1, 0.15) is 46.0 Å². The van der Waals surface area contributed by atoms with Gasteiger partial charge in [-0.15, -0.1) is 0 Å². The maximum atomic E-state index is 12.0. The van der Waals surface area contributed by atoms with Crippen molar-refractivity contribution in [3.63, 3.8) is 0 Å². The van der Waals surface area contributed by atoms with E-state index in [9.17, 15) is 9.59 Å². The number of nitrogens with one attached hydrogen (secondary N) is 1. The summed E-state index contributed by atoms with van der Waals surface area (Å²) < 4.78 is 0. The molecule has 1 fully saturated rings. The fourth-order valence-electron chi connectivity index (χ4n) is 2.50.